The fraction of sp³-hybridized carbons (Fsp3) is 0.571. The second kappa shape index (κ2) is 11.8. The summed E-state index contributed by atoms with van der Waals surface area (Å²) in [6.45, 7) is 6.93. The van der Waals surface area contributed by atoms with Crippen LogP contribution in [0.25, 0.3) is 11.0 Å². The summed E-state index contributed by atoms with van der Waals surface area (Å²) in [6, 6.07) is 4.97. The van der Waals surface area contributed by atoms with E-state index in [1.807, 2.05) is 12.4 Å². The first-order valence-electron chi connectivity index (χ1n) is 13.9. The van der Waals surface area contributed by atoms with Gasteiger partial charge >= 0.3 is 0 Å². The molecule has 10 nitrogen and oxygen atoms in total. The summed E-state index contributed by atoms with van der Waals surface area (Å²) in [5.41, 5.74) is 3.89. The van der Waals surface area contributed by atoms with Gasteiger partial charge in [-0.25, -0.2) is 15.0 Å². The van der Waals surface area contributed by atoms with E-state index in [2.05, 4.69) is 54.5 Å². The molecule has 4 heterocycles. The van der Waals surface area contributed by atoms with Crippen LogP contribution in [0.4, 0.5) is 11.6 Å². The Morgan fingerprint density at radius 2 is 1.74 bits per heavy atom. The van der Waals surface area contributed by atoms with Gasteiger partial charge in [0.1, 0.15) is 11.3 Å². The number of benzene rings is 1. The van der Waals surface area contributed by atoms with Crippen molar-refractivity contribution in [3.63, 3.8) is 0 Å². The lowest BCUT2D eigenvalue weighted by atomic mass is 9.93. The summed E-state index contributed by atoms with van der Waals surface area (Å²) in [6.07, 6.45) is 12.7. The lowest BCUT2D eigenvalue weighted by molar-refractivity contribution is 0.113. The highest BCUT2D eigenvalue weighted by molar-refractivity contribution is 5.85. The van der Waals surface area contributed by atoms with E-state index < -0.39 is 0 Å². The van der Waals surface area contributed by atoms with E-state index in [-0.39, 0.29) is 12.2 Å². The van der Waals surface area contributed by atoms with E-state index in [1.165, 1.54) is 0 Å². The van der Waals surface area contributed by atoms with Crippen molar-refractivity contribution in [2.75, 3.05) is 43.1 Å². The lowest BCUT2D eigenvalue weighted by Gasteiger charge is -2.31. The number of fused-ring (bicyclic) bond motifs is 1. The molecule has 0 bridgehead atoms. The number of rotatable bonds is 8. The molecular formula is C28H37N7O3. The van der Waals surface area contributed by atoms with Crippen LogP contribution >= 0.6 is 0 Å². The number of hydrogen-bond donors (Lipinski definition) is 2. The van der Waals surface area contributed by atoms with Crippen LogP contribution in [0, 0.1) is 0 Å². The van der Waals surface area contributed by atoms with E-state index >= 15 is 0 Å². The van der Waals surface area contributed by atoms with Crippen LogP contribution in [0.15, 0.2) is 36.9 Å². The van der Waals surface area contributed by atoms with Crippen molar-refractivity contribution >= 4 is 22.7 Å². The highest BCUT2D eigenvalue weighted by Crippen LogP contribution is 2.33. The van der Waals surface area contributed by atoms with Gasteiger partial charge in [-0.1, -0.05) is 0 Å². The third-order valence-corrected chi connectivity index (χ3v) is 7.85. The molecule has 0 spiro atoms. The molecule has 1 aromatic carbocycles. The first-order chi connectivity index (χ1) is 18.7. The Kier molecular flexibility index (Phi) is 7.80. The SMILES string of the molecule is CC1OCCC1NCc1cnc(N[C@H]2CC[C@@H](Oc3cc(N4CCOCC4)cc4nccnc34)CC2)nc1. The van der Waals surface area contributed by atoms with Crippen molar-refractivity contribution < 1.29 is 14.2 Å². The van der Waals surface area contributed by atoms with Crippen LogP contribution < -0.4 is 20.3 Å². The standard InChI is InChI=1S/C28H37N7O3/c1-19-24(6-11-37-19)31-16-20-17-32-28(33-18-20)34-21-2-4-23(5-3-21)38-26-15-22(35-9-12-36-13-10-35)14-25-27(26)30-8-7-29-25/h7-8,14-15,17-19,21,23-24,31H,2-6,9-13,16H2,1H3,(H,32,33,34)/t19?,21-,23+,24?. The Morgan fingerprint density at radius 1 is 0.947 bits per heavy atom. The van der Waals surface area contributed by atoms with Crippen LogP contribution in [0.2, 0.25) is 0 Å². The average Bonchev–Trinajstić information content (AvgIpc) is 3.38. The highest BCUT2D eigenvalue weighted by atomic mass is 16.5. The second-order valence-corrected chi connectivity index (χ2v) is 10.5. The number of morpholine rings is 1. The Bertz CT molecular complexity index is 1200. The maximum atomic E-state index is 6.56. The first kappa shape index (κ1) is 25.2. The van der Waals surface area contributed by atoms with Gasteiger partial charge in [0, 0.05) is 80.4 Å². The van der Waals surface area contributed by atoms with Crippen molar-refractivity contribution in [1.29, 1.82) is 0 Å². The molecule has 0 radical (unpaired) electrons. The largest absolute Gasteiger partial charge is 0.488 e. The first-order valence-corrected chi connectivity index (χ1v) is 13.9. The molecule has 6 rings (SSSR count). The molecule has 202 valence electrons. The van der Waals surface area contributed by atoms with E-state index in [0.29, 0.717) is 18.0 Å². The fourth-order valence-corrected chi connectivity index (χ4v) is 5.58. The van der Waals surface area contributed by atoms with Gasteiger partial charge in [-0.2, -0.15) is 0 Å². The molecule has 2 aromatic heterocycles. The predicted molar refractivity (Wildman–Crippen MR) is 146 cm³/mol. The van der Waals surface area contributed by atoms with Crippen LogP contribution in [-0.2, 0) is 16.0 Å². The van der Waals surface area contributed by atoms with Gasteiger partial charge in [0.05, 0.1) is 30.9 Å². The van der Waals surface area contributed by atoms with E-state index in [1.54, 1.807) is 12.4 Å². The van der Waals surface area contributed by atoms with Crippen molar-refractivity contribution in [2.45, 2.75) is 69.9 Å². The van der Waals surface area contributed by atoms with Crippen molar-refractivity contribution in [2.24, 2.45) is 0 Å². The van der Waals surface area contributed by atoms with Gasteiger partial charge in [0.25, 0.3) is 0 Å². The Morgan fingerprint density at radius 3 is 2.50 bits per heavy atom. The molecule has 10 heteroatoms. The molecule has 2 aliphatic heterocycles. The number of aromatic nitrogens is 4. The van der Waals surface area contributed by atoms with Crippen molar-refractivity contribution in [1.82, 2.24) is 25.3 Å². The highest BCUT2D eigenvalue weighted by Gasteiger charge is 2.25. The van der Waals surface area contributed by atoms with Crippen molar-refractivity contribution in [3.05, 3.63) is 42.5 Å². The Hall–Kier alpha value is -3.08. The summed E-state index contributed by atoms with van der Waals surface area (Å²) in [7, 11) is 0. The lowest BCUT2D eigenvalue weighted by Crippen LogP contribution is -2.36. The number of anilines is 2. The summed E-state index contributed by atoms with van der Waals surface area (Å²) in [5, 5.41) is 7.07. The number of nitrogens with one attached hydrogen (secondary N) is 2. The molecule has 1 aliphatic carbocycles. The molecule has 2 unspecified atom stereocenters. The van der Waals surface area contributed by atoms with Crippen LogP contribution in [0.5, 0.6) is 5.75 Å². The fourth-order valence-electron chi connectivity index (χ4n) is 5.58. The average molecular weight is 520 g/mol. The van der Waals surface area contributed by atoms with Crippen molar-refractivity contribution in [3.8, 4) is 5.75 Å². The zero-order valence-corrected chi connectivity index (χ0v) is 22.0. The number of ether oxygens (including phenoxy) is 3. The molecule has 3 fully saturated rings. The number of hydrogen-bond acceptors (Lipinski definition) is 10. The molecule has 1 saturated carbocycles. The normalized spacial score (nSPS) is 26.0. The van der Waals surface area contributed by atoms with Crippen LogP contribution in [0.3, 0.4) is 0 Å². The Labute approximate surface area is 223 Å². The molecule has 2 N–H and O–H groups in total. The molecule has 38 heavy (non-hydrogen) atoms. The third-order valence-electron chi connectivity index (χ3n) is 7.85. The monoisotopic (exact) mass is 519 g/mol. The minimum absolute atomic E-state index is 0.148. The van der Waals surface area contributed by atoms with Crippen LogP contribution in [-0.4, -0.2) is 77.1 Å². The van der Waals surface area contributed by atoms with E-state index in [9.17, 15) is 0 Å². The minimum atomic E-state index is 0.148. The summed E-state index contributed by atoms with van der Waals surface area (Å²) >= 11 is 0. The van der Waals surface area contributed by atoms with Gasteiger partial charge in [0.15, 0.2) is 0 Å². The summed E-state index contributed by atoms with van der Waals surface area (Å²) in [4.78, 5) is 20.6. The summed E-state index contributed by atoms with van der Waals surface area (Å²) < 4.78 is 17.7. The predicted octanol–water partition coefficient (Wildman–Crippen LogP) is 3.33. The van der Waals surface area contributed by atoms with Crippen LogP contribution in [0.1, 0.15) is 44.6 Å². The van der Waals surface area contributed by atoms with E-state index in [0.717, 1.165) is 99.6 Å². The zero-order valence-electron chi connectivity index (χ0n) is 22.0. The smallest absolute Gasteiger partial charge is 0.222 e. The molecular weight excluding hydrogens is 482 g/mol. The second-order valence-electron chi connectivity index (χ2n) is 10.5. The van der Waals surface area contributed by atoms with Gasteiger partial charge in [0.2, 0.25) is 5.95 Å². The molecule has 2 atom stereocenters. The minimum Gasteiger partial charge on any atom is -0.488 e. The third kappa shape index (κ3) is 5.98. The molecule has 2 saturated heterocycles. The zero-order chi connectivity index (χ0) is 25.7. The molecule has 0 amide bonds. The van der Waals surface area contributed by atoms with Gasteiger partial charge in [-0.15, -0.1) is 0 Å². The molecule has 3 aromatic rings. The topological polar surface area (TPSA) is 107 Å². The quantitative estimate of drug-likeness (QED) is 0.460. The summed E-state index contributed by atoms with van der Waals surface area (Å²) in [5.74, 6) is 1.51. The van der Waals surface area contributed by atoms with Gasteiger partial charge < -0.3 is 29.7 Å². The maximum absolute atomic E-state index is 6.56. The molecule has 3 aliphatic rings. The van der Waals surface area contributed by atoms with E-state index in [4.69, 9.17) is 14.2 Å². The van der Waals surface area contributed by atoms with Gasteiger partial charge in [-0.05, 0) is 45.1 Å². The maximum Gasteiger partial charge on any atom is 0.222 e. The Balaban J connectivity index is 1.03. The number of nitrogens with zero attached hydrogens (tertiary/aromatic N) is 5. The van der Waals surface area contributed by atoms with Gasteiger partial charge in [-0.3, -0.25) is 4.98 Å².